The molecular weight excluding hydrogens is 674 g/mol. The zero-order valence-electron chi connectivity index (χ0n) is 25.9. The molecule has 0 atom stereocenters. The van der Waals surface area contributed by atoms with Crippen molar-refractivity contribution >= 4 is 49.9 Å². The number of nitrogen functional groups attached to an aromatic ring is 1. The predicted molar refractivity (Wildman–Crippen MR) is 162 cm³/mol. The quantitative estimate of drug-likeness (QED) is 0.0774. The number of rotatable bonds is 7. The van der Waals surface area contributed by atoms with Crippen LogP contribution in [0.3, 0.4) is 0 Å². The number of nitro groups is 1. The van der Waals surface area contributed by atoms with Gasteiger partial charge in [-0.3, -0.25) is 14.9 Å². The first-order valence-electron chi connectivity index (χ1n) is 12.7. The smallest absolute Gasteiger partial charge is 0.871 e. The number of nitro benzene ring substituents is 1. The number of hydrogen-bond donors (Lipinski definition) is 1. The van der Waals surface area contributed by atoms with Crippen LogP contribution in [-0.2, 0) is 27.5 Å². The third-order valence-corrected chi connectivity index (χ3v) is 6.74. The van der Waals surface area contributed by atoms with Gasteiger partial charge in [0.15, 0.2) is 0 Å². The number of benzene rings is 4. The van der Waals surface area contributed by atoms with Gasteiger partial charge in [0.2, 0.25) is 0 Å². The van der Waals surface area contributed by atoms with Crippen molar-refractivity contribution in [1.29, 1.82) is 0 Å². The molecular formula is C28H22CrN9O8S. The van der Waals surface area contributed by atoms with Crippen molar-refractivity contribution in [3.63, 3.8) is 0 Å². The molecule has 0 fully saturated rings. The zero-order valence-corrected chi connectivity index (χ0v) is 26.0. The van der Waals surface area contributed by atoms with Crippen LogP contribution in [0.15, 0.2) is 115 Å². The second-order valence-corrected chi connectivity index (χ2v) is 10.5. The Balaban J connectivity index is 0.000000468. The molecule has 0 amide bonds. The first-order valence-corrected chi connectivity index (χ1v) is 14.1. The van der Waals surface area contributed by atoms with Gasteiger partial charge in [-0.1, -0.05) is 54.8 Å². The molecule has 0 unspecified atom stereocenters. The fourth-order valence-corrected chi connectivity index (χ4v) is 4.13. The Morgan fingerprint density at radius 3 is 2.09 bits per heavy atom. The molecule has 0 saturated carbocycles. The maximum absolute atomic E-state index is 12.4. The molecule has 0 saturated heterocycles. The molecule has 17 nitrogen and oxygen atoms in total. The SMILES string of the molecule is Cc1[n-]n(-c2ccccc2)c(=O)c1N=Nc1cc([N+](=O)[O-])ccc1[O-].[Cr+3].[H+].[H+].[NH-]c1cc(N)ccc1N=Nc1cc(S(=O)(=O)[O-])ccc1[O-]. The molecule has 0 spiro atoms. The van der Waals surface area contributed by atoms with Crippen LogP contribution in [0, 0.1) is 17.0 Å². The molecule has 1 aromatic heterocycles. The molecule has 1 radical (unpaired) electrons. The van der Waals surface area contributed by atoms with E-state index in [4.69, 9.17) is 11.5 Å². The van der Waals surface area contributed by atoms with Gasteiger partial charge in [0.1, 0.15) is 15.8 Å². The van der Waals surface area contributed by atoms with E-state index in [1.807, 2.05) is 6.07 Å². The van der Waals surface area contributed by atoms with Crippen molar-refractivity contribution in [3.05, 3.63) is 117 Å². The first-order chi connectivity index (χ1) is 21.7. The number of azo groups is 2. The largest absolute Gasteiger partial charge is 3.00 e. The van der Waals surface area contributed by atoms with E-state index in [-0.39, 0.29) is 54.3 Å². The molecule has 0 aliphatic carbocycles. The van der Waals surface area contributed by atoms with Crippen molar-refractivity contribution < 1.29 is 48.3 Å². The van der Waals surface area contributed by atoms with E-state index >= 15 is 0 Å². The Bertz CT molecular complexity index is 2160. The zero-order chi connectivity index (χ0) is 33.6. The number of anilines is 1. The Morgan fingerprint density at radius 2 is 1.47 bits per heavy atom. The van der Waals surface area contributed by atoms with E-state index in [2.05, 4.69) is 25.6 Å². The Kier molecular flexibility index (Phi) is 11.3. The van der Waals surface area contributed by atoms with Gasteiger partial charge in [-0.25, -0.2) is 8.42 Å². The van der Waals surface area contributed by atoms with E-state index in [1.165, 1.54) is 22.9 Å². The summed E-state index contributed by atoms with van der Waals surface area (Å²) in [5.41, 5.74) is 13.2. The van der Waals surface area contributed by atoms with E-state index in [0.29, 0.717) is 17.1 Å². The summed E-state index contributed by atoms with van der Waals surface area (Å²) in [6.45, 7) is 1.58. The molecule has 239 valence electrons. The van der Waals surface area contributed by atoms with E-state index in [0.717, 1.165) is 36.4 Å². The molecule has 4 aromatic carbocycles. The number of nitrogens with zero attached hydrogens (tertiary/aromatic N) is 7. The minimum absolute atomic E-state index is 0. The fraction of sp³-hybridized carbons (Fsp3) is 0.0357. The van der Waals surface area contributed by atoms with Crippen LogP contribution in [0.25, 0.3) is 11.4 Å². The summed E-state index contributed by atoms with van der Waals surface area (Å²) in [7, 11) is -4.68. The molecule has 5 rings (SSSR count). The van der Waals surface area contributed by atoms with Crippen molar-refractivity contribution in [3.8, 4) is 17.2 Å². The topological polar surface area (TPSA) is 282 Å². The third kappa shape index (κ3) is 8.87. The monoisotopic (exact) mass is 696 g/mol. The Labute approximate surface area is 279 Å². The number of nitrogens with one attached hydrogen (secondary N) is 1. The van der Waals surface area contributed by atoms with E-state index in [9.17, 15) is 38.1 Å². The molecule has 5 aromatic rings. The molecule has 0 aliphatic heterocycles. The van der Waals surface area contributed by atoms with Crippen molar-refractivity contribution in [2.24, 2.45) is 20.5 Å². The fourth-order valence-electron chi connectivity index (χ4n) is 3.64. The normalized spacial score (nSPS) is 11.2. The van der Waals surface area contributed by atoms with Crippen LogP contribution in [-0.4, -0.2) is 22.6 Å². The first kappa shape index (κ1) is 35.6. The average Bonchev–Trinajstić information content (AvgIpc) is 3.29. The summed E-state index contributed by atoms with van der Waals surface area (Å²) in [4.78, 5) is 22.0. The molecule has 47 heavy (non-hydrogen) atoms. The summed E-state index contributed by atoms with van der Waals surface area (Å²) >= 11 is 0. The number of non-ortho nitro benzene ring substituents is 1. The third-order valence-electron chi connectivity index (χ3n) is 5.90. The second kappa shape index (κ2) is 14.9. The van der Waals surface area contributed by atoms with Gasteiger partial charge in [-0.05, 0) is 36.4 Å². The molecule has 0 bridgehead atoms. The summed E-state index contributed by atoms with van der Waals surface area (Å²) < 4.78 is 33.8. The van der Waals surface area contributed by atoms with Crippen LogP contribution in [0.4, 0.5) is 39.8 Å². The average molecular weight is 697 g/mol. The van der Waals surface area contributed by atoms with Gasteiger partial charge in [-0.2, -0.15) is 15.3 Å². The van der Waals surface area contributed by atoms with Gasteiger partial charge < -0.3 is 36.0 Å². The Hall–Kier alpha value is -5.87. The molecule has 0 aliphatic rings. The molecule has 19 heteroatoms. The van der Waals surface area contributed by atoms with Crippen LogP contribution in [0.2, 0.25) is 0 Å². The van der Waals surface area contributed by atoms with Gasteiger partial charge in [0.25, 0.3) is 11.2 Å². The van der Waals surface area contributed by atoms with Crippen molar-refractivity contribution in [2.45, 2.75) is 11.8 Å². The van der Waals surface area contributed by atoms with Gasteiger partial charge >= 0.3 is 20.2 Å². The van der Waals surface area contributed by atoms with Crippen molar-refractivity contribution in [2.75, 3.05) is 5.73 Å². The maximum Gasteiger partial charge on any atom is 3.00 e. The van der Waals surface area contributed by atoms with Crippen LogP contribution in [0.1, 0.15) is 8.55 Å². The predicted octanol–water partition coefficient (Wildman–Crippen LogP) is 5.07. The molecule has 1 heterocycles. The van der Waals surface area contributed by atoms with E-state index in [1.54, 1.807) is 31.2 Å². The number of aromatic nitrogens is 2. The van der Waals surface area contributed by atoms with Crippen molar-refractivity contribution in [1.82, 2.24) is 9.78 Å². The summed E-state index contributed by atoms with van der Waals surface area (Å²) in [5, 5.41) is 52.9. The summed E-state index contributed by atoms with van der Waals surface area (Å²) in [6, 6.07) is 18.8. The minimum atomic E-state index is -4.68. The van der Waals surface area contributed by atoms with Gasteiger partial charge in [0.05, 0.1) is 26.9 Å². The van der Waals surface area contributed by atoms with Crippen LogP contribution < -0.4 is 26.6 Å². The molecule has 3 N–H and O–H groups in total. The number of aryl methyl sites for hydroxylation is 1. The van der Waals surface area contributed by atoms with Gasteiger partial charge in [-0.15, -0.1) is 16.5 Å². The number of nitrogens with two attached hydrogens (primary N) is 1. The Morgan fingerprint density at radius 1 is 0.872 bits per heavy atom. The maximum atomic E-state index is 12.4. The van der Waals surface area contributed by atoms with Gasteiger partial charge in [0, 0.05) is 23.5 Å². The van der Waals surface area contributed by atoms with Crippen LogP contribution in [0.5, 0.6) is 11.5 Å². The minimum Gasteiger partial charge on any atom is -0.871 e. The second-order valence-electron chi connectivity index (χ2n) is 9.16. The summed E-state index contributed by atoms with van der Waals surface area (Å²) in [5.74, 6) is -1.12. The van der Waals surface area contributed by atoms with E-state index < -0.39 is 37.0 Å². The van der Waals surface area contributed by atoms with Crippen LogP contribution >= 0.6 is 0 Å². The number of para-hydroxylation sites is 1. The standard InChI is InChI=1S/C16H13N5O4.C12H11N4O4S.Cr/c1-10-15(16(23)20(19-10)11-5-3-2-4-6-11)18-17-13-9-12(21(24)25)7-8-14(13)22;13-7-1-3-10(9(14)5-7)15-16-11-6-8(21(18,19)20)2-4-12(11)17;/h2-9H,1H3,(H2,17,18,19,22,23);1-6H,(H5-,13,14,15,16,17,18,19,20);/q;-1;+3/p-2. The summed E-state index contributed by atoms with van der Waals surface area (Å²) in [6.07, 6.45) is 0. The number of hydrogen-bond acceptors (Lipinski definition) is 13.